The van der Waals surface area contributed by atoms with Crippen molar-refractivity contribution >= 4 is 0 Å². The van der Waals surface area contributed by atoms with E-state index < -0.39 is 0 Å². The molecule has 0 fully saturated rings. The maximum atomic E-state index is 5.31. The molecule has 1 heterocycles. The Bertz CT molecular complexity index is 564. The number of aryl methyl sites for hydroxylation is 2. The largest absolute Gasteiger partial charge is 0.493 e. The van der Waals surface area contributed by atoms with Gasteiger partial charge < -0.3 is 9.47 Å². The third-order valence-electron chi connectivity index (χ3n) is 3.06. The molecule has 0 unspecified atom stereocenters. The van der Waals surface area contributed by atoms with Crippen LogP contribution in [0.2, 0.25) is 0 Å². The van der Waals surface area contributed by atoms with E-state index in [1.807, 2.05) is 31.3 Å². The van der Waals surface area contributed by atoms with Crippen LogP contribution < -0.4 is 9.47 Å². The smallest absolute Gasteiger partial charge is 0.161 e. The molecule has 0 atom stereocenters. The number of methoxy groups -OCH3 is 2. The molecule has 1 aromatic heterocycles. The van der Waals surface area contributed by atoms with Crippen LogP contribution in [0.25, 0.3) is 11.1 Å². The molecule has 0 bridgehead atoms. The highest BCUT2D eigenvalue weighted by Gasteiger charge is 2.07. The van der Waals surface area contributed by atoms with Crippen molar-refractivity contribution in [2.45, 2.75) is 13.8 Å². The molecule has 94 valence electrons. The molecule has 0 radical (unpaired) electrons. The molecule has 2 rings (SSSR count). The zero-order chi connectivity index (χ0) is 13.1. The van der Waals surface area contributed by atoms with Crippen LogP contribution in [0, 0.1) is 13.8 Å². The van der Waals surface area contributed by atoms with Gasteiger partial charge in [-0.25, -0.2) is 0 Å². The van der Waals surface area contributed by atoms with Crippen LogP contribution in [-0.4, -0.2) is 19.2 Å². The van der Waals surface area contributed by atoms with Crippen LogP contribution in [-0.2, 0) is 0 Å². The zero-order valence-electron chi connectivity index (χ0n) is 11.2. The van der Waals surface area contributed by atoms with Crippen molar-refractivity contribution in [1.82, 2.24) is 4.98 Å². The summed E-state index contributed by atoms with van der Waals surface area (Å²) in [5, 5.41) is 0. The molecule has 0 aliphatic rings. The van der Waals surface area contributed by atoms with E-state index in [0.29, 0.717) is 0 Å². The highest BCUT2D eigenvalue weighted by Crippen LogP contribution is 2.32. The predicted octanol–water partition coefficient (Wildman–Crippen LogP) is 3.38. The Morgan fingerprint density at radius 2 is 1.61 bits per heavy atom. The Labute approximate surface area is 107 Å². The molecule has 3 heteroatoms. The molecule has 0 saturated heterocycles. The minimum absolute atomic E-state index is 0.730. The molecule has 0 saturated carbocycles. The van der Waals surface area contributed by atoms with Gasteiger partial charge in [0.05, 0.1) is 14.2 Å². The van der Waals surface area contributed by atoms with Crippen molar-refractivity contribution in [3.8, 4) is 22.6 Å². The van der Waals surface area contributed by atoms with E-state index in [-0.39, 0.29) is 0 Å². The molecule has 3 nitrogen and oxygen atoms in total. The van der Waals surface area contributed by atoms with Crippen LogP contribution in [0.5, 0.6) is 11.5 Å². The maximum absolute atomic E-state index is 5.31. The summed E-state index contributed by atoms with van der Waals surface area (Å²) in [5.74, 6) is 1.46. The fourth-order valence-corrected chi connectivity index (χ4v) is 1.82. The number of hydrogen-bond donors (Lipinski definition) is 0. The van der Waals surface area contributed by atoms with Crippen molar-refractivity contribution < 1.29 is 9.47 Å². The molecule has 0 aliphatic carbocycles. The molecule has 1 aromatic carbocycles. The van der Waals surface area contributed by atoms with Crippen LogP contribution >= 0.6 is 0 Å². The van der Waals surface area contributed by atoms with Crippen LogP contribution in [0.3, 0.4) is 0 Å². The second-order valence-electron chi connectivity index (χ2n) is 4.20. The molecule has 0 spiro atoms. The van der Waals surface area contributed by atoms with E-state index in [1.165, 1.54) is 5.56 Å². The standard InChI is InChI=1S/C15H17NO2/c1-10-7-13(9-16-11(10)2)12-5-6-14(17-3)15(8-12)18-4/h5-9H,1-4H3. The van der Waals surface area contributed by atoms with Gasteiger partial charge in [0, 0.05) is 17.5 Å². The Morgan fingerprint density at radius 3 is 2.22 bits per heavy atom. The Balaban J connectivity index is 2.47. The van der Waals surface area contributed by atoms with Gasteiger partial charge in [-0.05, 0) is 43.2 Å². The van der Waals surface area contributed by atoms with Gasteiger partial charge in [0.25, 0.3) is 0 Å². The normalized spacial score (nSPS) is 10.2. The summed E-state index contributed by atoms with van der Waals surface area (Å²) in [6, 6.07) is 8.00. The predicted molar refractivity (Wildman–Crippen MR) is 72.3 cm³/mol. The summed E-state index contributed by atoms with van der Waals surface area (Å²) in [4.78, 5) is 4.38. The maximum Gasteiger partial charge on any atom is 0.161 e. The van der Waals surface area contributed by atoms with E-state index in [0.717, 1.165) is 28.3 Å². The second-order valence-corrected chi connectivity index (χ2v) is 4.20. The topological polar surface area (TPSA) is 31.4 Å². The number of rotatable bonds is 3. The Morgan fingerprint density at radius 1 is 0.889 bits per heavy atom. The van der Waals surface area contributed by atoms with Gasteiger partial charge in [-0.2, -0.15) is 0 Å². The minimum atomic E-state index is 0.730. The second kappa shape index (κ2) is 5.08. The third kappa shape index (κ3) is 2.30. The lowest BCUT2D eigenvalue weighted by atomic mass is 10.0. The fourth-order valence-electron chi connectivity index (χ4n) is 1.82. The minimum Gasteiger partial charge on any atom is -0.493 e. The molecule has 0 amide bonds. The lowest BCUT2D eigenvalue weighted by Crippen LogP contribution is -1.92. The van der Waals surface area contributed by atoms with Crippen LogP contribution in [0.4, 0.5) is 0 Å². The molecule has 2 aromatic rings. The number of hydrogen-bond acceptors (Lipinski definition) is 3. The van der Waals surface area contributed by atoms with Gasteiger partial charge >= 0.3 is 0 Å². The first-order valence-electron chi connectivity index (χ1n) is 5.81. The van der Waals surface area contributed by atoms with Gasteiger partial charge in [0.1, 0.15) is 0 Å². The first-order chi connectivity index (χ1) is 8.65. The summed E-state index contributed by atoms with van der Waals surface area (Å²) in [7, 11) is 3.27. The van der Waals surface area contributed by atoms with E-state index >= 15 is 0 Å². The molecule has 18 heavy (non-hydrogen) atoms. The van der Waals surface area contributed by atoms with Crippen molar-refractivity contribution in [2.75, 3.05) is 14.2 Å². The van der Waals surface area contributed by atoms with Crippen molar-refractivity contribution in [1.29, 1.82) is 0 Å². The van der Waals surface area contributed by atoms with Crippen LogP contribution in [0.15, 0.2) is 30.5 Å². The van der Waals surface area contributed by atoms with Crippen molar-refractivity contribution in [2.24, 2.45) is 0 Å². The third-order valence-corrected chi connectivity index (χ3v) is 3.06. The lowest BCUT2D eigenvalue weighted by molar-refractivity contribution is 0.355. The summed E-state index contributed by atoms with van der Waals surface area (Å²) in [6.45, 7) is 4.07. The summed E-state index contributed by atoms with van der Waals surface area (Å²) in [5.41, 5.74) is 4.39. The van der Waals surface area contributed by atoms with Crippen molar-refractivity contribution in [3.05, 3.63) is 41.7 Å². The summed E-state index contributed by atoms with van der Waals surface area (Å²) >= 11 is 0. The highest BCUT2D eigenvalue weighted by molar-refractivity contribution is 5.67. The first kappa shape index (κ1) is 12.4. The molecule has 0 N–H and O–H groups in total. The monoisotopic (exact) mass is 243 g/mol. The van der Waals surface area contributed by atoms with Gasteiger partial charge in [0.15, 0.2) is 11.5 Å². The van der Waals surface area contributed by atoms with E-state index in [1.54, 1.807) is 14.2 Å². The van der Waals surface area contributed by atoms with Crippen molar-refractivity contribution in [3.63, 3.8) is 0 Å². The van der Waals surface area contributed by atoms with Gasteiger partial charge in [-0.3, -0.25) is 4.98 Å². The van der Waals surface area contributed by atoms with Gasteiger partial charge in [0.2, 0.25) is 0 Å². The Hall–Kier alpha value is -2.03. The molecule has 0 aliphatic heterocycles. The average Bonchev–Trinajstić information content (AvgIpc) is 2.41. The number of benzene rings is 1. The highest BCUT2D eigenvalue weighted by atomic mass is 16.5. The lowest BCUT2D eigenvalue weighted by Gasteiger charge is -2.10. The molecular weight excluding hydrogens is 226 g/mol. The first-order valence-corrected chi connectivity index (χ1v) is 5.81. The molecular formula is C15H17NO2. The fraction of sp³-hybridized carbons (Fsp3) is 0.267. The number of ether oxygens (including phenoxy) is 2. The number of pyridine rings is 1. The summed E-state index contributed by atoms with van der Waals surface area (Å²) in [6.07, 6.45) is 1.88. The summed E-state index contributed by atoms with van der Waals surface area (Å²) < 4.78 is 10.5. The van der Waals surface area contributed by atoms with Gasteiger partial charge in [-0.15, -0.1) is 0 Å². The SMILES string of the molecule is COc1ccc(-c2cnc(C)c(C)c2)cc1OC. The zero-order valence-corrected chi connectivity index (χ0v) is 11.2. The van der Waals surface area contributed by atoms with E-state index in [9.17, 15) is 0 Å². The average molecular weight is 243 g/mol. The Kier molecular flexibility index (Phi) is 3.51. The number of aromatic nitrogens is 1. The van der Waals surface area contributed by atoms with Crippen LogP contribution in [0.1, 0.15) is 11.3 Å². The quantitative estimate of drug-likeness (QED) is 0.828. The number of nitrogens with zero attached hydrogens (tertiary/aromatic N) is 1. The van der Waals surface area contributed by atoms with E-state index in [4.69, 9.17) is 9.47 Å². The van der Waals surface area contributed by atoms with Gasteiger partial charge in [-0.1, -0.05) is 6.07 Å². The van der Waals surface area contributed by atoms with E-state index in [2.05, 4.69) is 18.0 Å².